The maximum Gasteiger partial charge on any atom is 0.262 e. The van der Waals surface area contributed by atoms with Gasteiger partial charge in [-0.25, -0.2) is 17.8 Å². The van der Waals surface area contributed by atoms with Gasteiger partial charge in [0, 0.05) is 24.9 Å². The van der Waals surface area contributed by atoms with Crippen molar-refractivity contribution in [3.05, 3.63) is 30.3 Å². The van der Waals surface area contributed by atoms with Crippen molar-refractivity contribution in [2.45, 2.75) is 54.0 Å². The van der Waals surface area contributed by atoms with E-state index < -0.39 is 20.9 Å². The summed E-state index contributed by atoms with van der Waals surface area (Å²) in [5.41, 5.74) is 0.0799. The second-order valence-corrected chi connectivity index (χ2v) is 10.6. The van der Waals surface area contributed by atoms with E-state index in [1.165, 1.54) is 25.6 Å². The molecule has 0 amide bonds. The Morgan fingerprint density at radius 3 is 2.59 bits per heavy atom. The predicted molar refractivity (Wildman–Crippen MR) is 114 cm³/mol. The monoisotopic (exact) mass is 464 g/mol. The molecule has 3 fully saturated rings. The molecule has 2 N–H and O–H groups in total. The van der Waals surface area contributed by atoms with Crippen molar-refractivity contribution < 1.29 is 27.0 Å². The Bertz CT molecular complexity index is 1100. The third-order valence-electron chi connectivity index (χ3n) is 5.94. The summed E-state index contributed by atoms with van der Waals surface area (Å²) < 4.78 is 56.6. The van der Waals surface area contributed by atoms with Crippen LogP contribution in [0.2, 0.25) is 0 Å². The molecule has 5 rings (SSSR count). The number of morpholine rings is 1. The molecule has 1 aliphatic carbocycles. The number of anilines is 2. The van der Waals surface area contributed by atoms with Crippen LogP contribution in [0.5, 0.6) is 11.6 Å². The van der Waals surface area contributed by atoms with Crippen LogP contribution in [-0.2, 0) is 14.6 Å². The molecular weight excluding hydrogens is 439 g/mol. The molecule has 32 heavy (non-hydrogen) atoms. The third kappa shape index (κ3) is 4.24. The van der Waals surface area contributed by atoms with Gasteiger partial charge in [0.1, 0.15) is 18.2 Å². The molecule has 2 aromatic rings. The van der Waals surface area contributed by atoms with Crippen molar-refractivity contribution >= 4 is 21.3 Å². The number of sulfone groups is 1. The zero-order valence-electron chi connectivity index (χ0n) is 17.6. The topological polar surface area (TPSA) is 112 Å². The van der Waals surface area contributed by atoms with Crippen LogP contribution in [-0.4, -0.2) is 62.1 Å². The summed E-state index contributed by atoms with van der Waals surface area (Å²) in [5.74, 6) is 0.0541. The Balaban J connectivity index is 1.35. The van der Waals surface area contributed by atoms with E-state index in [4.69, 9.17) is 14.2 Å². The molecule has 11 heteroatoms. The summed E-state index contributed by atoms with van der Waals surface area (Å²) in [6.45, 7) is 1.30. The van der Waals surface area contributed by atoms with Crippen LogP contribution in [0.3, 0.4) is 0 Å². The molecular formula is C21H25FN4O5S. The van der Waals surface area contributed by atoms with Crippen LogP contribution < -0.4 is 20.1 Å². The number of fused-ring (bicyclic) bond motifs is 2. The first-order valence-corrected chi connectivity index (χ1v) is 12.2. The maximum atomic E-state index is 14.7. The van der Waals surface area contributed by atoms with Crippen LogP contribution in [0.4, 0.5) is 15.9 Å². The van der Waals surface area contributed by atoms with E-state index in [1.54, 1.807) is 0 Å². The molecule has 0 radical (unpaired) electrons. The Morgan fingerprint density at radius 1 is 1.19 bits per heavy atom. The highest BCUT2D eigenvalue weighted by Crippen LogP contribution is 2.37. The summed E-state index contributed by atoms with van der Waals surface area (Å²) in [5, 5.41) is 5.98. The van der Waals surface area contributed by atoms with Gasteiger partial charge in [0.25, 0.3) is 5.88 Å². The van der Waals surface area contributed by atoms with E-state index >= 15 is 0 Å². The number of aromatic nitrogens is 2. The van der Waals surface area contributed by atoms with Gasteiger partial charge in [-0.1, -0.05) is 0 Å². The number of methoxy groups -OCH3 is 1. The highest BCUT2D eigenvalue weighted by molar-refractivity contribution is 7.92. The molecule has 3 heterocycles. The molecule has 2 saturated heterocycles. The first-order chi connectivity index (χ1) is 15.4. The lowest BCUT2D eigenvalue weighted by atomic mass is 9.95. The van der Waals surface area contributed by atoms with Crippen molar-refractivity contribution in [3.8, 4) is 11.6 Å². The first kappa shape index (κ1) is 21.4. The van der Waals surface area contributed by atoms with Gasteiger partial charge in [0.05, 0.1) is 36.2 Å². The highest BCUT2D eigenvalue weighted by Gasteiger charge is 2.37. The zero-order valence-corrected chi connectivity index (χ0v) is 18.4. The van der Waals surface area contributed by atoms with Crippen molar-refractivity contribution in [2.24, 2.45) is 0 Å². The molecule has 2 unspecified atom stereocenters. The van der Waals surface area contributed by atoms with Crippen LogP contribution in [0.1, 0.15) is 25.7 Å². The van der Waals surface area contributed by atoms with Crippen LogP contribution in [0, 0.1) is 5.82 Å². The van der Waals surface area contributed by atoms with Gasteiger partial charge < -0.3 is 24.8 Å². The van der Waals surface area contributed by atoms with E-state index in [0.29, 0.717) is 26.1 Å². The van der Waals surface area contributed by atoms with Gasteiger partial charge in [0.2, 0.25) is 5.75 Å². The number of hydrogen-bond acceptors (Lipinski definition) is 9. The summed E-state index contributed by atoms with van der Waals surface area (Å²) in [6.07, 6.45) is 4.05. The fraction of sp³-hybridized carbons (Fsp3) is 0.524. The van der Waals surface area contributed by atoms with Crippen LogP contribution >= 0.6 is 0 Å². The van der Waals surface area contributed by atoms with Crippen molar-refractivity contribution in [2.75, 3.05) is 25.6 Å². The number of hydrogen-bond donors (Lipinski definition) is 2. The number of nitrogens with zero attached hydrogens (tertiary/aromatic N) is 2. The van der Waals surface area contributed by atoms with Crippen molar-refractivity contribution in [3.63, 3.8) is 0 Å². The largest absolute Gasteiger partial charge is 0.489 e. The van der Waals surface area contributed by atoms with E-state index in [-0.39, 0.29) is 46.2 Å². The standard InChI is InChI=1S/C21H25FN4O5S/c1-29-19-20(26-18-5-4-16(8-17(18)22)32(27,28)15-2-3-15)23-11-24-21(19)31-14-6-12-9-30-10-13(7-14)25-12/h4-5,8,11-15,25H,2-3,6-7,9-10H2,1H3,(H,23,24,26). The maximum absolute atomic E-state index is 14.7. The highest BCUT2D eigenvalue weighted by atomic mass is 32.2. The lowest BCUT2D eigenvalue weighted by molar-refractivity contribution is -0.0137. The second-order valence-electron chi connectivity index (χ2n) is 8.38. The Morgan fingerprint density at radius 2 is 1.94 bits per heavy atom. The van der Waals surface area contributed by atoms with Gasteiger partial charge in [-0.2, -0.15) is 4.98 Å². The normalized spacial score (nSPS) is 25.2. The summed E-state index contributed by atoms with van der Waals surface area (Å²) in [4.78, 5) is 8.36. The van der Waals surface area contributed by atoms with Crippen LogP contribution in [0.15, 0.2) is 29.4 Å². The molecule has 1 aromatic heterocycles. The first-order valence-electron chi connectivity index (χ1n) is 10.6. The minimum absolute atomic E-state index is 0.0119. The van der Waals surface area contributed by atoms with Gasteiger partial charge in [-0.15, -0.1) is 0 Å². The van der Waals surface area contributed by atoms with Crippen molar-refractivity contribution in [1.29, 1.82) is 0 Å². The smallest absolute Gasteiger partial charge is 0.262 e. The molecule has 2 bridgehead atoms. The molecule has 172 valence electrons. The lowest BCUT2D eigenvalue weighted by Gasteiger charge is -2.39. The third-order valence-corrected chi connectivity index (χ3v) is 8.20. The number of nitrogens with one attached hydrogen (secondary N) is 2. The Labute approximate surface area is 185 Å². The fourth-order valence-corrected chi connectivity index (χ4v) is 5.89. The second kappa shape index (κ2) is 8.45. The fourth-order valence-electron chi connectivity index (χ4n) is 4.23. The van der Waals surface area contributed by atoms with E-state index in [2.05, 4.69) is 20.6 Å². The van der Waals surface area contributed by atoms with Crippen molar-refractivity contribution in [1.82, 2.24) is 15.3 Å². The van der Waals surface area contributed by atoms with Gasteiger partial charge in [-0.3, -0.25) is 0 Å². The average Bonchev–Trinajstić information content (AvgIpc) is 3.61. The number of rotatable bonds is 7. The zero-order chi connectivity index (χ0) is 22.3. The van der Waals surface area contributed by atoms with E-state index in [1.807, 2.05) is 0 Å². The summed E-state index contributed by atoms with van der Waals surface area (Å²) in [7, 11) is -2.01. The molecule has 2 atom stereocenters. The van der Waals surface area contributed by atoms with E-state index in [9.17, 15) is 12.8 Å². The molecule has 3 aliphatic rings. The SMILES string of the molecule is COc1c(Nc2ccc(S(=O)(=O)C3CC3)cc2F)ncnc1OC1CC2COCC(C1)N2. The number of piperidine rings is 1. The van der Waals surface area contributed by atoms with Gasteiger partial charge in [-0.05, 0) is 31.0 Å². The minimum Gasteiger partial charge on any atom is -0.489 e. The molecule has 9 nitrogen and oxygen atoms in total. The van der Waals surface area contributed by atoms with Gasteiger partial charge >= 0.3 is 0 Å². The van der Waals surface area contributed by atoms with Gasteiger partial charge in [0.15, 0.2) is 15.7 Å². The molecule has 0 spiro atoms. The Hall–Kier alpha value is -2.50. The predicted octanol–water partition coefficient (Wildman–Crippen LogP) is 2.20. The molecule has 2 aliphatic heterocycles. The number of benzene rings is 1. The quantitative estimate of drug-likeness (QED) is 0.637. The summed E-state index contributed by atoms with van der Waals surface area (Å²) >= 11 is 0. The van der Waals surface area contributed by atoms with Crippen LogP contribution in [0.25, 0.3) is 0 Å². The average molecular weight is 465 g/mol. The molecule has 1 aromatic carbocycles. The molecule has 1 saturated carbocycles. The number of ether oxygens (including phenoxy) is 3. The van der Waals surface area contributed by atoms with E-state index in [0.717, 1.165) is 18.9 Å². The lowest BCUT2D eigenvalue weighted by Crippen LogP contribution is -2.56. The Kier molecular flexibility index (Phi) is 5.64. The summed E-state index contributed by atoms with van der Waals surface area (Å²) in [6, 6.07) is 4.30. The number of halogens is 1. The minimum atomic E-state index is -3.47.